The summed E-state index contributed by atoms with van der Waals surface area (Å²) in [5.41, 5.74) is 2.25. The van der Waals surface area contributed by atoms with Crippen molar-refractivity contribution in [3.05, 3.63) is 48.1 Å². The van der Waals surface area contributed by atoms with Gasteiger partial charge in [0, 0.05) is 42.3 Å². The quantitative estimate of drug-likeness (QED) is 0.183. The monoisotopic (exact) mass is 726 g/mol. The molecule has 3 aliphatic rings. The van der Waals surface area contributed by atoms with E-state index in [0.717, 1.165) is 50.0 Å². The van der Waals surface area contributed by atoms with E-state index >= 15 is 0 Å². The summed E-state index contributed by atoms with van der Waals surface area (Å²) in [4.78, 5) is 11.9. The Hall–Kier alpha value is -3.86. The molecule has 1 aromatic carbocycles. The van der Waals surface area contributed by atoms with E-state index in [0.29, 0.717) is 59.4 Å². The molecule has 2 bridgehead atoms. The molecule has 1 aliphatic carbocycles. The Labute approximate surface area is 296 Å². The summed E-state index contributed by atoms with van der Waals surface area (Å²) in [6, 6.07) is 7.46. The smallest absolute Gasteiger partial charge is 0.256 e. The second kappa shape index (κ2) is 15.2. The van der Waals surface area contributed by atoms with Crippen molar-refractivity contribution >= 4 is 33.1 Å². The van der Waals surface area contributed by atoms with Gasteiger partial charge in [-0.3, -0.25) is 9.58 Å². The van der Waals surface area contributed by atoms with E-state index in [-0.39, 0.29) is 24.5 Å². The predicted octanol–water partition coefficient (Wildman–Crippen LogP) is 4.35. The largest absolute Gasteiger partial charge is 0.487 e. The SMILES string of the molecule is CC(Cn1cnnn1)Oc1cc(-c2cnc(Nc3cn(C4CCC(N5[C@@H]6CC[C@H]5COC6)CC4)nc3OCCCS(C)(=O)=O)nc2)ccc1Cl. The summed E-state index contributed by atoms with van der Waals surface area (Å²) in [7, 11) is -3.09. The zero-order valence-corrected chi connectivity index (χ0v) is 29.8. The lowest BCUT2D eigenvalue weighted by Crippen LogP contribution is -2.52. The van der Waals surface area contributed by atoms with Gasteiger partial charge in [-0.1, -0.05) is 17.7 Å². The Morgan fingerprint density at radius 1 is 1.02 bits per heavy atom. The van der Waals surface area contributed by atoms with Crippen molar-refractivity contribution < 1.29 is 22.6 Å². The van der Waals surface area contributed by atoms with Crippen LogP contribution in [0.2, 0.25) is 5.02 Å². The molecule has 3 aromatic heterocycles. The van der Waals surface area contributed by atoms with Gasteiger partial charge in [0.1, 0.15) is 33.7 Å². The Morgan fingerprint density at radius 3 is 2.44 bits per heavy atom. The second-order valence-electron chi connectivity index (χ2n) is 13.5. The number of nitrogens with one attached hydrogen (secondary N) is 1. The number of hydrogen-bond donors (Lipinski definition) is 1. The molecule has 0 spiro atoms. The molecule has 0 radical (unpaired) electrons. The number of tetrazole rings is 1. The number of aromatic nitrogens is 8. The van der Waals surface area contributed by atoms with Crippen molar-refractivity contribution in [1.82, 2.24) is 44.9 Å². The molecular weight excluding hydrogens is 684 g/mol. The number of hydrogen-bond acceptors (Lipinski definition) is 13. The fraction of sp³-hybridized carbons (Fsp3) is 0.576. The van der Waals surface area contributed by atoms with E-state index in [4.69, 9.17) is 30.9 Å². The highest BCUT2D eigenvalue weighted by atomic mass is 35.5. The van der Waals surface area contributed by atoms with Crippen LogP contribution in [0.4, 0.5) is 11.6 Å². The van der Waals surface area contributed by atoms with Gasteiger partial charge in [0.25, 0.3) is 5.88 Å². The highest BCUT2D eigenvalue weighted by Gasteiger charge is 2.42. The minimum Gasteiger partial charge on any atom is -0.487 e. The lowest BCUT2D eigenvalue weighted by molar-refractivity contribution is -0.0458. The van der Waals surface area contributed by atoms with Gasteiger partial charge in [0.05, 0.1) is 49.4 Å². The average Bonchev–Trinajstić information content (AvgIpc) is 3.82. The van der Waals surface area contributed by atoms with Gasteiger partial charge in [-0.2, -0.15) is 0 Å². The van der Waals surface area contributed by atoms with E-state index < -0.39 is 9.84 Å². The molecule has 15 nitrogen and oxygen atoms in total. The lowest BCUT2D eigenvalue weighted by Gasteiger charge is -2.43. The predicted molar refractivity (Wildman–Crippen MR) is 186 cm³/mol. The summed E-state index contributed by atoms with van der Waals surface area (Å²) in [5.74, 6) is 1.35. The number of ether oxygens (including phenoxy) is 3. The van der Waals surface area contributed by atoms with Crippen molar-refractivity contribution in [2.45, 2.75) is 88.7 Å². The molecule has 7 rings (SSSR count). The van der Waals surface area contributed by atoms with Gasteiger partial charge in [-0.25, -0.2) is 23.1 Å². The molecule has 17 heteroatoms. The van der Waals surface area contributed by atoms with Crippen LogP contribution in [0, 0.1) is 0 Å². The molecule has 1 unspecified atom stereocenters. The van der Waals surface area contributed by atoms with Crippen molar-refractivity contribution in [3.63, 3.8) is 0 Å². The summed E-state index contributed by atoms with van der Waals surface area (Å²) in [6.07, 6.45) is 15.0. The maximum Gasteiger partial charge on any atom is 0.256 e. The molecule has 0 amide bonds. The molecule has 4 aromatic rings. The second-order valence-corrected chi connectivity index (χ2v) is 16.2. The molecule has 1 saturated carbocycles. The van der Waals surface area contributed by atoms with Crippen molar-refractivity contribution in [2.75, 3.05) is 37.1 Å². The zero-order chi connectivity index (χ0) is 34.7. The van der Waals surface area contributed by atoms with E-state index in [1.54, 1.807) is 23.1 Å². The number of benzene rings is 1. The number of fused-ring (bicyclic) bond motifs is 2. The first kappa shape index (κ1) is 34.6. The number of rotatable bonds is 14. The average molecular weight is 727 g/mol. The van der Waals surface area contributed by atoms with Crippen LogP contribution in [-0.2, 0) is 21.1 Å². The molecule has 2 aliphatic heterocycles. The van der Waals surface area contributed by atoms with Crippen molar-refractivity contribution in [2.24, 2.45) is 0 Å². The van der Waals surface area contributed by atoms with Crippen LogP contribution in [0.3, 0.4) is 0 Å². The normalized spacial score (nSPS) is 23.1. The maximum absolute atomic E-state index is 11.7. The number of morpholine rings is 1. The van der Waals surface area contributed by atoms with Crippen LogP contribution >= 0.6 is 11.6 Å². The minimum absolute atomic E-state index is 0.0459. The molecule has 268 valence electrons. The third-order valence-corrected chi connectivity index (χ3v) is 11.0. The van der Waals surface area contributed by atoms with E-state index in [1.165, 1.54) is 25.4 Å². The lowest BCUT2D eigenvalue weighted by atomic mass is 9.89. The maximum atomic E-state index is 11.7. The Kier molecular flexibility index (Phi) is 10.5. The Bertz CT molecular complexity index is 1820. The van der Waals surface area contributed by atoms with Crippen LogP contribution in [0.5, 0.6) is 11.6 Å². The molecule has 2 saturated heterocycles. The van der Waals surface area contributed by atoms with Crippen molar-refractivity contribution in [3.8, 4) is 22.8 Å². The molecular formula is C33H43ClN10O5S. The van der Waals surface area contributed by atoms with Crippen LogP contribution in [-0.4, -0.2) is 109 Å². The molecule has 3 fully saturated rings. The number of anilines is 2. The van der Waals surface area contributed by atoms with Crippen LogP contribution in [0.25, 0.3) is 11.1 Å². The van der Waals surface area contributed by atoms with Gasteiger partial charge in [0.2, 0.25) is 5.95 Å². The highest BCUT2D eigenvalue weighted by molar-refractivity contribution is 7.90. The first-order valence-corrected chi connectivity index (χ1v) is 19.6. The number of nitrogens with zero attached hydrogens (tertiary/aromatic N) is 9. The third-order valence-electron chi connectivity index (χ3n) is 9.68. The highest BCUT2D eigenvalue weighted by Crippen LogP contribution is 2.39. The standard InChI is InChI=1S/C33H43ClN10O5S/c1-22(17-42-21-37-40-41-42)49-31-14-23(4-11-29(31)34)24-15-35-33(36-16-24)38-30-18-43(39-32(30)48-12-3-13-50(2,45)46)25-5-7-26(8-6-25)44-27-9-10-28(44)20-47-19-27/h4,11,14-16,18,21-22,25-28H,3,5-10,12-13,17,19-20H2,1-2H3,(H,35,36,38)/t22?,25?,26?,27-,28+. The van der Waals surface area contributed by atoms with Gasteiger partial charge >= 0.3 is 0 Å². The van der Waals surface area contributed by atoms with E-state index in [1.807, 2.05) is 29.9 Å². The minimum atomic E-state index is -3.09. The van der Waals surface area contributed by atoms with Gasteiger partial charge in [-0.15, -0.1) is 10.2 Å². The fourth-order valence-electron chi connectivity index (χ4n) is 7.34. The summed E-state index contributed by atoms with van der Waals surface area (Å²) >= 11 is 6.45. The molecule has 50 heavy (non-hydrogen) atoms. The van der Waals surface area contributed by atoms with E-state index in [2.05, 4.69) is 35.7 Å². The zero-order valence-electron chi connectivity index (χ0n) is 28.3. The summed E-state index contributed by atoms with van der Waals surface area (Å²) in [6.45, 7) is 4.31. The molecule has 3 atom stereocenters. The summed E-state index contributed by atoms with van der Waals surface area (Å²) < 4.78 is 44.9. The fourth-order valence-corrected chi connectivity index (χ4v) is 8.14. The molecule has 1 N–H and O–H groups in total. The topological polar surface area (TPSA) is 164 Å². The van der Waals surface area contributed by atoms with Crippen LogP contribution in [0.1, 0.15) is 57.9 Å². The van der Waals surface area contributed by atoms with Gasteiger partial charge in [-0.05, 0) is 80.0 Å². The van der Waals surface area contributed by atoms with Crippen LogP contribution in [0.15, 0.2) is 43.1 Å². The van der Waals surface area contributed by atoms with Gasteiger partial charge < -0.3 is 19.5 Å². The third kappa shape index (κ3) is 8.36. The van der Waals surface area contributed by atoms with Crippen molar-refractivity contribution in [1.29, 1.82) is 0 Å². The van der Waals surface area contributed by atoms with Gasteiger partial charge in [0.15, 0.2) is 0 Å². The van der Waals surface area contributed by atoms with E-state index in [9.17, 15) is 8.42 Å². The summed E-state index contributed by atoms with van der Waals surface area (Å²) in [5, 5.41) is 19.8. The Balaban J connectivity index is 1.02. The Morgan fingerprint density at radius 2 is 1.74 bits per heavy atom. The number of halogens is 1. The van der Waals surface area contributed by atoms with Crippen LogP contribution < -0.4 is 14.8 Å². The first-order chi connectivity index (χ1) is 24.2. The number of sulfone groups is 1. The first-order valence-electron chi connectivity index (χ1n) is 17.2. The molecule has 5 heterocycles.